The van der Waals surface area contributed by atoms with Crippen LogP contribution in [0.3, 0.4) is 0 Å². The number of aryl methyl sites for hydroxylation is 1. The first-order chi connectivity index (χ1) is 13.5. The van der Waals surface area contributed by atoms with E-state index < -0.39 is 5.69 Å². The van der Waals surface area contributed by atoms with Crippen LogP contribution in [0.25, 0.3) is 10.9 Å². The molecular formula is C22H23N3O3. The number of rotatable bonds is 3. The van der Waals surface area contributed by atoms with Gasteiger partial charge in [0.1, 0.15) is 0 Å². The fourth-order valence-electron chi connectivity index (χ4n) is 3.99. The molecule has 1 aliphatic heterocycles. The normalized spacial score (nSPS) is 16.6. The highest BCUT2D eigenvalue weighted by Gasteiger charge is 2.30. The molecule has 6 heteroatoms. The van der Waals surface area contributed by atoms with Crippen LogP contribution >= 0.6 is 0 Å². The van der Waals surface area contributed by atoms with E-state index in [1.807, 2.05) is 11.8 Å². The van der Waals surface area contributed by atoms with Crippen LogP contribution in [-0.2, 0) is 6.54 Å². The second-order valence-corrected chi connectivity index (χ2v) is 7.31. The van der Waals surface area contributed by atoms with Crippen LogP contribution in [0.15, 0.2) is 52.1 Å². The molecule has 1 atom stereocenters. The molecule has 0 saturated carbocycles. The SMILES string of the molecule is CCn1c(=O)[nH]c2cc(C(=O)N3CCCC3c3ccc(C)cc3)ccc2c1=O. The van der Waals surface area contributed by atoms with Gasteiger partial charge in [0.25, 0.3) is 11.5 Å². The summed E-state index contributed by atoms with van der Waals surface area (Å²) in [6, 6.07) is 13.3. The summed E-state index contributed by atoms with van der Waals surface area (Å²) in [5.41, 5.74) is 2.42. The highest BCUT2D eigenvalue weighted by Crippen LogP contribution is 2.33. The molecule has 1 unspecified atom stereocenters. The maximum absolute atomic E-state index is 13.2. The summed E-state index contributed by atoms with van der Waals surface area (Å²) >= 11 is 0. The molecule has 1 N–H and O–H groups in total. The Bertz CT molecular complexity index is 1160. The van der Waals surface area contributed by atoms with Crippen LogP contribution in [0.2, 0.25) is 0 Å². The summed E-state index contributed by atoms with van der Waals surface area (Å²) in [4.78, 5) is 42.3. The molecule has 2 aromatic carbocycles. The van der Waals surface area contributed by atoms with Crippen LogP contribution in [-0.4, -0.2) is 26.9 Å². The number of carbonyl (C=O) groups excluding carboxylic acids is 1. The predicted molar refractivity (Wildman–Crippen MR) is 109 cm³/mol. The average Bonchev–Trinajstić information content (AvgIpc) is 3.17. The third-order valence-corrected chi connectivity index (χ3v) is 5.52. The van der Waals surface area contributed by atoms with E-state index in [1.54, 1.807) is 25.1 Å². The van der Waals surface area contributed by atoms with Crippen molar-refractivity contribution >= 4 is 16.8 Å². The number of hydrogen-bond donors (Lipinski definition) is 1. The largest absolute Gasteiger partial charge is 0.332 e. The number of nitrogens with zero attached hydrogens (tertiary/aromatic N) is 2. The van der Waals surface area contributed by atoms with Crippen LogP contribution in [0, 0.1) is 6.92 Å². The first-order valence-corrected chi connectivity index (χ1v) is 9.64. The van der Waals surface area contributed by atoms with Crippen molar-refractivity contribution < 1.29 is 4.79 Å². The Labute approximate surface area is 162 Å². The van der Waals surface area contributed by atoms with Gasteiger partial charge in [-0.15, -0.1) is 0 Å². The van der Waals surface area contributed by atoms with E-state index in [0.717, 1.165) is 23.0 Å². The summed E-state index contributed by atoms with van der Waals surface area (Å²) in [6.07, 6.45) is 1.89. The van der Waals surface area contributed by atoms with Crippen molar-refractivity contribution in [1.29, 1.82) is 0 Å². The molecule has 1 saturated heterocycles. The van der Waals surface area contributed by atoms with Gasteiger partial charge in [-0.25, -0.2) is 4.79 Å². The van der Waals surface area contributed by atoms with Crippen molar-refractivity contribution in [2.24, 2.45) is 0 Å². The molecule has 2 heterocycles. The van der Waals surface area contributed by atoms with Crippen molar-refractivity contribution in [2.75, 3.05) is 6.54 Å². The molecular weight excluding hydrogens is 354 g/mol. The number of hydrogen-bond acceptors (Lipinski definition) is 3. The molecule has 1 aromatic heterocycles. The number of aromatic nitrogens is 2. The molecule has 1 amide bonds. The number of aromatic amines is 1. The maximum Gasteiger partial charge on any atom is 0.328 e. The molecule has 144 valence electrons. The highest BCUT2D eigenvalue weighted by atomic mass is 16.2. The van der Waals surface area contributed by atoms with Gasteiger partial charge in [-0.2, -0.15) is 0 Å². The van der Waals surface area contributed by atoms with Gasteiger partial charge in [0.2, 0.25) is 0 Å². The monoisotopic (exact) mass is 377 g/mol. The van der Waals surface area contributed by atoms with E-state index in [2.05, 4.69) is 29.2 Å². The molecule has 1 fully saturated rings. The van der Waals surface area contributed by atoms with Crippen molar-refractivity contribution in [1.82, 2.24) is 14.5 Å². The predicted octanol–water partition coefficient (Wildman–Crippen LogP) is 3.00. The lowest BCUT2D eigenvalue weighted by Crippen LogP contribution is -2.34. The van der Waals surface area contributed by atoms with Gasteiger partial charge in [-0.1, -0.05) is 29.8 Å². The highest BCUT2D eigenvalue weighted by molar-refractivity contribution is 5.98. The molecule has 6 nitrogen and oxygen atoms in total. The number of fused-ring (bicyclic) bond motifs is 1. The van der Waals surface area contributed by atoms with Gasteiger partial charge in [0, 0.05) is 18.7 Å². The quantitative estimate of drug-likeness (QED) is 0.762. The minimum Gasteiger partial charge on any atom is -0.332 e. The molecule has 0 bridgehead atoms. The molecule has 3 aromatic rings. The Morgan fingerprint density at radius 1 is 1.14 bits per heavy atom. The van der Waals surface area contributed by atoms with E-state index in [-0.39, 0.29) is 17.5 Å². The van der Waals surface area contributed by atoms with Crippen LogP contribution in [0.5, 0.6) is 0 Å². The Morgan fingerprint density at radius 2 is 1.89 bits per heavy atom. The maximum atomic E-state index is 13.2. The second kappa shape index (κ2) is 7.11. The smallest absolute Gasteiger partial charge is 0.328 e. The number of H-pyrrole nitrogens is 1. The fourth-order valence-corrected chi connectivity index (χ4v) is 3.99. The number of amides is 1. The number of carbonyl (C=O) groups is 1. The van der Waals surface area contributed by atoms with Gasteiger partial charge in [0.05, 0.1) is 16.9 Å². The number of likely N-dealkylation sites (tertiary alicyclic amines) is 1. The zero-order chi connectivity index (χ0) is 19.8. The van der Waals surface area contributed by atoms with E-state index in [0.29, 0.717) is 29.6 Å². The zero-order valence-corrected chi connectivity index (χ0v) is 16.1. The number of nitrogens with one attached hydrogen (secondary N) is 1. The van der Waals surface area contributed by atoms with Crippen LogP contribution in [0.1, 0.15) is 47.3 Å². The zero-order valence-electron chi connectivity index (χ0n) is 16.1. The second-order valence-electron chi connectivity index (χ2n) is 7.31. The Morgan fingerprint density at radius 3 is 2.61 bits per heavy atom. The molecule has 0 spiro atoms. The minimum absolute atomic E-state index is 0.0518. The average molecular weight is 377 g/mol. The van der Waals surface area contributed by atoms with E-state index >= 15 is 0 Å². The molecule has 1 aliphatic rings. The van der Waals surface area contributed by atoms with Crippen molar-refractivity contribution in [3.63, 3.8) is 0 Å². The first kappa shape index (κ1) is 18.2. The van der Waals surface area contributed by atoms with Crippen LogP contribution in [0.4, 0.5) is 0 Å². The van der Waals surface area contributed by atoms with Gasteiger partial charge in [-0.05, 0) is 50.5 Å². The Hall–Kier alpha value is -3.15. The third-order valence-electron chi connectivity index (χ3n) is 5.52. The Balaban J connectivity index is 1.71. The van der Waals surface area contributed by atoms with Crippen molar-refractivity contribution in [3.8, 4) is 0 Å². The van der Waals surface area contributed by atoms with Crippen LogP contribution < -0.4 is 11.2 Å². The lowest BCUT2D eigenvalue weighted by Gasteiger charge is -2.25. The lowest BCUT2D eigenvalue weighted by molar-refractivity contribution is 0.0736. The number of benzene rings is 2. The van der Waals surface area contributed by atoms with Gasteiger partial charge >= 0.3 is 5.69 Å². The summed E-state index contributed by atoms with van der Waals surface area (Å²) < 4.78 is 1.15. The third kappa shape index (κ3) is 3.05. The molecule has 0 aliphatic carbocycles. The van der Waals surface area contributed by atoms with E-state index in [1.165, 1.54) is 5.56 Å². The Kier molecular flexibility index (Phi) is 4.63. The van der Waals surface area contributed by atoms with E-state index in [9.17, 15) is 14.4 Å². The molecule has 28 heavy (non-hydrogen) atoms. The van der Waals surface area contributed by atoms with Crippen molar-refractivity contribution in [2.45, 2.75) is 39.3 Å². The fraction of sp³-hybridized carbons (Fsp3) is 0.318. The van der Waals surface area contributed by atoms with Gasteiger partial charge in [-0.3, -0.25) is 14.2 Å². The summed E-state index contributed by atoms with van der Waals surface area (Å²) in [6.45, 7) is 4.79. The van der Waals surface area contributed by atoms with Gasteiger partial charge < -0.3 is 9.88 Å². The molecule has 0 radical (unpaired) electrons. The first-order valence-electron chi connectivity index (χ1n) is 9.64. The van der Waals surface area contributed by atoms with E-state index in [4.69, 9.17) is 0 Å². The minimum atomic E-state index is -0.455. The van der Waals surface area contributed by atoms with Gasteiger partial charge in [0.15, 0.2) is 0 Å². The lowest BCUT2D eigenvalue weighted by atomic mass is 10.0. The summed E-state index contributed by atoms with van der Waals surface area (Å²) in [5, 5.41) is 0.412. The molecule has 4 rings (SSSR count). The standard InChI is InChI=1S/C22H23N3O3/c1-3-24-21(27)17-11-10-16(13-18(17)23-22(24)28)20(26)25-12-4-5-19(25)15-8-6-14(2)7-9-15/h6-11,13,19H,3-5,12H2,1-2H3,(H,23,28). The topological polar surface area (TPSA) is 75.2 Å². The summed E-state index contributed by atoms with van der Waals surface area (Å²) in [5.74, 6) is -0.0782. The van der Waals surface area contributed by atoms with Crippen molar-refractivity contribution in [3.05, 3.63) is 80.0 Å². The summed E-state index contributed by atoms with van der Waals surface area (Å²) in [7, 11) is 0.